The van der Waals surface area contributed by atoms with Gasteiger partial charge in [-0.3, -0.25) is 23.9 Å². The van der Waals surface area contributed by atoms with Gasteiger partial charge in [0.2, 0.25) is 5.91 Å². The minimum Gasteiger partial charge on any atom is -0.369 e. The van der Waals surface area contributed by atoms with Gasteiger partial charge in [0, 0.05) is 49.3 Å². The first-order chi connectivity index (χ1) is 17.0. The van der Waals surface area contributed by atoms with Crippen molar-refractivity contribution in [2.24, 2.45) is 11.7 Å². The summed E-state index contributed by atoms with van der Waals surface area (Å²) in [5.41, 5.74) is 7.40. The number of primary amides is 1. The normalized spacial score (nSPS) is 14.4. The predicted molar refractivity (Wildman–Crippen MR) is 137 cm³/mol. The van der Waals surface area contributed by atoms with Crippen molar-refractivity contribution in [1.29, 1.82) is 0 Å². The number of hydrogen-bond donors (Lipinski definition) is 1. The van der Waals surface area contributed by atoms with Crippen LogP contribution in [0.4, 0.5) is 0 Å². The summed E-state index contributed by atoms with van der Waals surface area (Å²) in [6, 6.07) is 9.01. The Labute approximate surface area is 208 Å². The Morgan fingerprint density at radius 3 is 2.66 bits per heavy atom. The molecule has 0 bridgehead atoms. The molecule has 1 saturated heterocycles. The van der Waals surface area contributed by atoms with Crippen molar-refractivity contribution in [1.82, 2.24) is 19.4 Å². The molecule has 4 rings (SSSR count). The molecule has 0 saturated carbocycles. The largest absolute Gasteiger partial charge is 0.369 e. The highest BCUT2D eigenvalue weighted by Gasteiger charge is 2.26. The first kappa shape index (κ1) is 24.9. The highest BCUT2D eigenvalue weighted by molar-refractivity contribution is 7.98. The van der Waals surface area contributed by atoms with E-state index in [9.17, 15) is 14.4 Å². The summed E-state index contributed by atoms with van der Waals surface area (Å²) in [6.45, 7) is 3.72. The van der Waals surface area contributed by atoms with Crippen molar-refractivity contribution in [3.05, 3.63) is 64.2 Å². The van der Waals surface area contributed by atoms with Gasteiger partial charge in [-0.05, 0) is 49.1 Å². The summed E-state index contributed by atoms with van der Waals surface area (Å²) in [5.74, 6) is 0.0437. The molecule has 2 aromatic heterocycles. The number of nitrogens with two attached hydrogens (primary N) is 1. The van der Waals surface area contributed by atoms with E-state index in [0.717, 1.165) is 24.8 Å². The third-order valence-electron chi connectivity index (χ3n) is 6.43. The van der Waals surface area contributed by atoms with Crippen LogP contribution < -0.4 is 11.3 Å². The average Bonchev–Trinajstić information content (AvgIpc) is 2.89. The molecule has 9 heteroatoms. The van der Waals surface area contributed by atoms with Crippen molar-refractivity contribution in [3.8, 4) is 0 Å². The summed E-state index contributed by atoms with van der Waals surface area (Å²) < 4.78 is 1.76. The standard InChI is InChI=1S/C26H31N5O3S/c1-2-3-4-12-31-25(34)21-8-7-20(24(33)30-13-9-19(10-14-30)23(27)32)15-22(21)29-26(31)35-17-18-6-5-11-28-16-18/h5-8,11,15-16,19H,2-4,9-10,12-14,17H2,1H3,(H2,27,32). The Kier molecular flexibility index (Phi) is 8.17. The number of rotatable bonds is 9. The first-order valence-electron chi connectivity index (χ1n) is 12.1. The zero-order valence-corrected chi connectivity index (χ0v) is 20.8. The lowest BCUT2D eigenvalue weighted by molar-refractivity contribution is -0.123. The number of nitrogens with zero attached hydrogens (tertiary/aromatic N) is 4. The molecule has 0 unspecified atom stereocenters. The van der Waals surface area contributed by atoms with Gasteiger partial charge < -0.3 is 10.6 Å². The number of unbranched alkanes of at least 4 members (excludes halogenated alkanes) is 2. The Balaban J connectivity index is 1.62. The van der Waals surface area contributed by atoms with E-state index in [1.54, 1.807) is 33.9 Å². The third-order valence-corrected chi connectivity index (χ3v) is 7.48. The predicted octanol–water partition coefficient (Wildman–Crippen LogP) is 3.61. The quantitative estimate of drug-likeness (QED) is 0.277. The molecule has 2 N–H and O–H groups in total. The molecular weight excluding hydrogens is 462 g/mol. The molecule has 1 aromatic carbocycles. The van der Waals surface area contributed by atoms with E-state index < -0.39 is 0 Å². The minimum absolute atomic E-state index is 0.0824. The van der Waals surface area contributed by atoms with Crippen LogP contribution in [0.1, 0.15) is 54.9 Å². The Morgan fingerprint density at radius 2 is 1.97 bits per heavy atom. The van der Waals surface area contributed by atoms with Gasteiger partial charge in [-0.1, -0.05) is 37.6 Å². The molecule has 1 fully saturated rings. The van der Waals surface area contributed by atoms with E-state index in [2.05, 4.69) is 11.9 Å². The maximum atomic E-state index is 13.4. The molecule has 0 atom stereocenters. The van der Waals surface area contributed by atoms with Gasteiger partial charge in [0.05, 0.1) is 10.9 Å². The van der Waals surface area contributed by atoms with Crippen molar-refractivity contribution >= 4 is 34.5 Å². The Hall–Kier alpha value is -3.20. The van der Waals surface area contributed by atoms with Crippen LogP contribution in [-0.2, 0) is 17.1 Å². The van der Waals surface area contributed by atoms with Crippen LogP contribution in [0.3, 0.4) is 0 Å². The Bertz CT molecular complexity index is 1250. The molecule has 2 amide bonds. The number of fused-ring (bicyclic) bond motifs is 1. The smallest absolute Gasteiger partial charge is 0.262 e. The molecule has 1 aliphatic heterocycles. The second-order valence-corrected chi connectivity index (χ2v) is 9.85. The van der Waals surface area contributed by atoms with Gasteiger partial charge in [-0.25, -0.2) is 4.98 Å². The van der Waals surface area contributed by atoms with Gasteiger partial charge in [-0.2, -0.15) is 0 Å². The second kappa shape index (κ2) is 11.5. The molecule has 184 valence electrons. The third kappa shape index (κ3) is 5.90. The number of carbonyl (C=O) groups excluding carboxylic acids is 2. The van der Waals surface area contributed by atoms with Gasteiger partial charge in [0.1, 0.15) is 0 Å². The highest BCUT2D eigenvalue weighted by atomic mass is 32.2. The van der Waals surface area contributed by atoms with E-state index >= 15 is 0 Å². The van der Waals surface area contributed by atoms with E-state index in [0.29, 0.717) is 59.9 Å². The van der Waals surface area contributed by atoms with Gasteiger partial charge in [0.25, 0.3) is 11.5 Å². The summed E-state index contributed by atoms with van der Waals surface area (Å²) >= 11 is 1.51. The zero-order chi connectivity index (χ0) is 24.8. The van der Waals surface area contributed by atoms with E-state index in [1.165, 1.54) is 11.8 Å². The van der Waals surface area contributed by atoms with Crippen LogP contribution in [-0.4, -0.2) is 44.3 Å². The maximum Gasteiger partial charge on any atom is 0.262 e. The molecular formula is C26H31N5O3S. The fraction of sp³-hybridized carbons (Fsp3) is 0.423. The SMILES string of the molecule is CCCCCn1c(SCc2cccnc2)nc2cc(C(=O)N3CCC(C(N)=O)CC3)ccc2c1=O. The number of likely N-dealkylation sites (tertiary alicyclic amines) is 1. The van der Waals surface area contributed by atoms with Crippen LogP contribution in [0.5, 0.6) is 0 Å². The van der Waals surface area contributed by atoms with Crippen LogP contribution in [0.2, 0.25) is 0 Å². The lowest BCUT2D eigenvalue weighted by Crippen LogP contribution is -2.41. The van der Waals surface area contributed by atoms with Crippen LogP contribution in [0, 0.1) is 5.92 Å². The van der Waals surface area contributed by atoms with E-state index in [-0.39, 0.29) is 23.3 Å². The summed E-state index contributed by atoms with van der Waals surface area (Å²) in [5, 5.41) is 1.16. The minimum atomic E-state index is -0.307. The fourth-order valence-electron chi connectivity index (χ4n) is 4.34. The van der Waals surface area contributed by atoms with Gasteiger partial charge in [0.15, 0.2) is 5.16 Å². The zero-order valence-electron chi connectivity index (χ0n) is 20.0. The van der Waals surface area contributed by atoms with Gasteiger partial charge in [-0.15, -0.1) is 0 Å². The number of piperidine rings is 1. The summed E-state index contributed by atoms with van der Waals surface area (Å²) in [6.07, 6.45) is 7.70. The number of amides is 2. The van der Waals surface area contributed by atoms with E-state index in [1.807, 2.05) is 18.3 Å². The lowest BCUT2D eigenvalue weighted by Gasteiger charge is -2.30. The van der Waals surface area contributed by atoms with Gasteiger partial charge >= 0.3 is 0 Å². The van der Waals surface area contributed by atoms with Crippen LogP contribution in [0.15, 0.2) is 52.7 Å². The summed E-state index contributed by atoms with van der Waals surface area (Å²) in [7, 11) is 0. The molecule has 35 heavy (non-hydrogen) atoms. The average molecular weight is 494 g/mol. The van der Waals surface area contributed by atoms with Crippen molar-refractivity contribution < 1.29 is 9.59 Å². The number of hydrogen-bond acceptors (Lipinski definition) is 6. The first-order valence-corrected chi connectivity index (χ1v) is 13.1. The van der Waals surface area contributed by atoms with Crippen molar-refractivity contribution in [2.75, 3.05) is 13.1 Å². The monoisotopic (exact) mass is 493 g/mol. The maximum absolute atomic E-state index is 13.4. The number of thioether (sulfide) groups is 1. The van der Waals surface area contributed by atoms with Crippen LogP contribution in [0.25, 0.3) is 10.9 Å². The molecule has 3 heterocycles. The Morgan fingerprint density at radius 1 is 1.17 bits per heavy atom. The number of benzene rings is 1. The topological polar surface area (TPSA) is 111 Å². The molecule has 0 spiro atoms. The number of carbonyl (C=O) groups is 2. The molecule has 8 nitrogen and oxygen atoms in total. The lowest BCUT2D eigenvalue weighted by atomic mass is 9.96. The molecule has 3 aromatic rings. The number of aromatic nitrogens is 3. The molecule has 1 aliphatic rings. The highest BCUT2D eigenvalue weighted by Crippen LogP contribution is 2.24. The summed E-state index contributed by atoms with van der Waals surface area (Å²) in [4.78, 5) is 48.7. The van der Waals surface area contributed by atoms with E-state index in [4.69, 9.17) is 10.7 Å². The fourth-order valence-corrected chi connectivity index (χ4v) is 5.30. The van der Waals surface area contributed by atoms with Crippen LogP contribution >= 0.6 is 11.8 Å². The second-order valence-electron chi connectivity index (χ2n) is 8.91. The molecule has 0 radical (unpaired) electrons. The van der Waals surface area contributed by atoms with Crippen molar-refractivity contribution in [3.63, 3.8) is 0 Å². The number of pyridine rings is 1. The van der Waals surface area contributed by atoms with Crippen molar-refractivity contribution in [2.45, 2.75) is 56.5 Å². The molecule has 0 aliphatic carbocycles.